The van der Waals surface area contributed by atoms with Gasteiger partial charge in [-0.05, 0) is 36.8 Å². The van der Waals surface area contributed by atoms with E-state index in [1.54, 1.807) is 0 Å². The normalized spacial score (nSPS) is 57.3. The summed E-state index contributed by atoms with van der Waals surface area (Å²) in [6, 6.07) is 9.50. The molecule has 4 nitrogen and oxygen atoms in total. The number of benzene rings is 1. The minimum Gasteiger partial charge on any atom is -0.392 e. The van der Waals surface area contributed by atoms with E-state index in [2.05, 4.69) is 41.4 Å². The highest BCUT2D eigenvalue weighted by atomic mass is 16.3. The Morgan fingerprint density at radius 2 is 2.09 bits per heavy atom. The summed E-state index contributed by atoms with van der Waals surface area (Å²) in [6.45, 7) is 2.18. The van der Waals surface area contributed by atoms with E-state index in [0.717, 1.165) is 19.3 Å². The Hall–Kier alpha value is -1.10. The van der Waals surface area contributed by atoms with E-state index >= 15 is 0 Å². The van der Waals surface area contributed by atoms with Crippen molar-refractivity contribution in [1.29, 1.82) is 0 Å². The summed E-state index contributed by atoms with van der Waals surface area (Å²) >= 11 is 0. The number of nitrogens with one attached hydrogen (secondary N) is 1. The van der Waals surface area contributed by atoms with Gasteiger partial charge in [-0.3, -0.25) is 4.90 Å². The van der Waals surface area contributed by atoms with Crippen LogP contribution in [0.4, 0.5) is 5.69 Å². The van der Waals surface area contributed by atoms with E-state index in [-0.39, 0.29) is 23.8 Å². The van der Waals surface area contributed by atoms with Gasteiger partial charge in [0.15, 0.2) is 0 Å². The molecule has 1 aromatic rings. The van der Waals surface area contributed by atoms with Gasteiger partial charge in [0.25, 0.3) is 0 Å². The molecule has 1 unspecified atom stereocenters. The third kappa shape index (κ3) is 1.20. The number of hydrogen-bond acceptors (Lipinski definition) is 4. The zero-order valence-electron chi connectivity index (χ0n) is 13.4. The maximum absolute atomic E-state index is 11.5. The largest absolute Gasteiger partial charge is 0.392 e. The summed E-state index contributed by atoms with van der Waals surface area (Å²) in [5, 5.41) is 26.1. The Bertz CT molecular complexity index is 694. The molecule has 4 heteroatoms. The Morgan fingerprint density at radius 3 is 2.91 bits per heavy atom. The Labute approximate surface area is 136 Å². The molecule has 1 aliphatic carbocycles. The lowest BCUT2D eigenvalue weighted by Gasteiger charge is -2.61. The molecule has 3 N–H and O–H groups in total. The monoisotopic (exact) mass is 312 g/mol. The molecule has 5 heterocycles. The van der Waals surface area contributed by atoms with Gasteiger partial charge in [-0.1, -0.05) is 25.1 Å². The van der Waals surface area contributed by atoms with Crippen molar-refractivity contribution >= 4 is 5.69 Å². The average Bonchev–Trinajstić information content (AvgIpc) is 3.02. The number of para-hydroxylation sites is 1. The molecule has 1 spiro atoms. The highest BCUT2D eigenvalue weighted by molar-refractivity contribution is 5.65. The van der Waals surface area contributed by atoms with Crippen molar-refractivity contribution in [2.45, 2.75) is 62.1 Å². The van der Waals surface area contributed by atoms with Gasteiger partial charge >= 0.3 is 0 Å². The van der Waals surface area contributed by atoms with Gasteiger partial charge in [0, 0.05) is 35.0 Å². The molecule has 6 aliphatic rings. The number of anilines is 1. The fourth-order valence-electron chi connectivity index (χ4n) is 7.40. The highest BCUT2D eigenvalue weighted by Gasteiger charge is 2.75. The van der Waals surface area contributed by atoms with Crippen molar-refractivity contribution in [1.82, 2.24) is 4.90 Å². The Balaban J connectivity index is 1.57. The predicted molar refractivity (Wildman–Crippen MR) is 87.0 cm³/mol. The molecule has 122 valence electrons. The van der Waals surface area contributed by atoms with E-state index in [4.69, 9.17) is 0 Å². The van der Waals surface area contributed by atoms with Gasteiger partial charge in [-0.2, -0.15) is 0 Å². The van der Waals surface area contributed by atoms with Crippen LogP contribution in [0.5, 0.6) is 0 Å². The van der Waals surface area contributed by atoms with Gasteiger partial charge in [-0.15, -0.1) is 0 Å². The SMILES string of the molecule is CC[C@H]1[C@@H]2C[C@H]3[C@@H]4Nc5ccccc5[C@]45C[C@@H]([C@@H]2[C@H]5O)N3[C@@H]1O. The van der Waals surface area contributed by atoms with E-state index in [9.17, 15) is 10.2 Å². The summed E-state index contributed by atoms with van der Waals surface area (Å²) in [7, 11) is 0. The first-order valence-electron chi connectivity index (χ1n) is 9.18. The molecule has 23 heavy (non-hydrogen) atoms. The van der Waals surface area contributed by atoms with Crippen LogP contribution in [0.3, 0.4) is 0 Å². The van der Waals surface area contributed by atoms with Crippen molar-refractivity contribution in [3.05, 3.63) is 29.8 Å². The van der Waals surface area contributed by atoms with E-state index in [1.165, 1.54) is 11.3 Å². The zero-order valence-corrected chi connectivity index (χ0v) is 13.4. The van der Waals surface area contributed by atoms with Gasteiger partial charge in [0.1, 0.15) is 6.23 Å². The van der Waals surface area contributed by atoms with E-state index in [1.807, 2.05) is 0 Å². The van der Waals surface area contributed by atoms with Crippen LogP contribution in [-0.2, 0) is 5.41 Å². The number of piperidine rings is 4. The predicted octanol–water partition coefficient (Wildman–Crippen LogP) is 1.53. The summed E-state index contributed by atoms with van der Waals surface area (Å²) in [5.41, 5.74) is 2.38. The molecule has 7 rings (SSSR count). The molecule has 5 aliphatic heterocycles. The molecule has 1 aromatic carbocycles. The topological polar surface area (TPSA) is 55.7 Å². The molecule has 0 aromatic heterocycles. The Morgan fingerprint density at radius 1 is 1.26 bits per heavy atom. The molecule has 5 bridgehead atoms. The summed E-state index contributed by atoms with van der Waals surface area (Å²) < 4.78 is 0. The van der Waals surface area contributed by atoms with Gasteiger partial charge in [0.05, 0.1) is 12.1 Å². The van der Waals surface area contributed by atoms with Crippen LogP contribution in [0, 0.1) is 17.8 Å². The molecule has 0 radical (unpaired) electrons. The third-order valence-corrected chi connectivity index (χ3v) is 8.05. The number of hydrogen-bond donors (Lipinski definition) is 3. The van der Waals surface area contributed by atoms with Crippen molar-refractivity contribution < 1.29 is 10.2 Å². The summed E-state index contributed by atoms with van der Waals surface area (Å²) in [5.74, 6) is 1.13. The number of nitrogens with zero attached hydrogens (tertiary/aromatic N) is 1. The van der Waals surface area contributed by atoms with Crippen LogP contribution < -0.4 is 5.32 Å². The average molecular weight is 312 g/mol. The zero-order chi connectivity index (χ0) is 15.5. The number of aliphatic hydroxyl groups is 2. The number of rotatable bonds is 1. The highest BCUT2D eigenvalue weighted by Crippen LogP contribution is 2.67. The second-order valence-electron chi connectivity index (χ2n) is 8.40. The summed E-state index contributed by atoms with van der Waals surface area (Å²) in [4.78, 5) is 2.39. The fourth-order valence-corrected chi connectivity index (χ4v) is 7.40. The molecular weight excluding hydrogens is 288 g/mol. The maximum atomic E-state index is 11.5. The van der Waals surface area contributed by atoms with Crippen LogP contribution in [0.25, 0.3) is 0 Å². The van der Waals surface area contributed by atoms with Crippen molar-refractivity contribution in [3.63, 3.8) is 0 Å². The molecule has 10 atom stereocenters. The lowest BCUT2D eigenvalue weighted by atomic mass is 9.63. The van der Waals surface area contributed by atoms with E-state index in [0.29, 0.717) is 29.8 Å². The van der Waals surface area contributed by atoms with Crippen LogP contribution in [-0.4, -0.2) is 45.6 Å². The standard InChI is InChI=1S/C19H24N2O2/c1-2-9-10-7-13-16-19(11-5-3-4-6-12(11)20-16)8-14(15(10)17(19)22)21(13)18(9)23/h3-6,9-10,13-18,20,22-23H,2,7-8H2,1H3/t9-,10-,13-,14-,15+,16-,17+,18+,19+/m0/s1. The second-order valence-corrected chi connectivity index (χ2v) is 8.40. The lowest BCUT2D eigenvalue weighted by molar-refractivity contribution is -0.210. The second kappa shape index (κ2) is 3.93. The smallest absolute Gasteiger partial charge is 0.111 e. The van der Waals surface area contributed by atoms with Gasteiger partial charge in [-0.25, -0.2) is 0 Å². The number of aliphatic hydroxyl groups excluding tert-OH is 2. The molecule has 4 saturated heterocycles. The van der Waals surface area contributed by atoms with Gasteiger partial charge in [0.2, 0.25) is 0 Å². The molecule has 0 amide bonds. The van der Waals surface area contributed by atoms with Crippen LogP contribution in [0.1, 0.15) is 31.7 Å². The third-order valence-electron chi connectivity index (χ3n) is 8.05. The van der Waals surface area contributed by atoms with E-state index < -0.39 is 0 Å². The first-order chi connectivity index (χ1) is 11.2. The minimum atomic E-state index is -0.321. The summed E-state index contributed by atoms with van der Waals surface area (Å²) in [6.07, 6.45) is 2.52. The van der Waals surface area contributed by atoms with Crippen molar-refractivity contribution in [2.75, 3.05) is 5.32 Å². The fraction of sp³-hybridized carbons (Fsp3) is 0.684. The van der Waals surface area contributed by atoms with Gasteiger partial charge < -0.3 is 15.5 Å². The first-order valence-corrected chi connectivity index (χ1v) is 9.18. The van der Waals surface area contributed by atoms with Crippen LogP contribution in [0.15, 0.2) is 24.3 Å². The number of fused-ring (bicyclic) bond motifs is 2. The van der Waals surface area contributed by atoms with Crippen LogP contribution in [0.2, 0.25) is 0 Å². The molecule has 5 fully saturated rings. The molecular formula is C19H24N2O2. The van der Waals surface area contributed by atoms with Crippen LogP contribution >= 0.6 is 0 Å². The Kier molecular flexibility index (Phi) is 2.26. The van der Waals surface area contributed by atoms with Crippen molar-refractivity contribution in [3.8, 4) is 0 Å². The van der Waals surface area contributed by atoms with Crippen molar-refractivity contribution in [2.24, 2.45) is 17.8 Å². The molecule has 1 saturated carbocycles. The maximum Gasteiger partial charge on any atom is 0.111 e. The quantitative estimate of drug-likeness (QED) is 0.736. The lowest BCUT2D eigenvalue weighted by Crippen LogP contribution is -2.71. The minimum absolute atomic E-state index is 0.135. The first kappa shape index (κ1) is 13.2.